The first-order valence-corrected chi connectivity index (χ1v) is 6.07. The molecule has 3 nitrogen and oxygen atoms in total. The summed E-state index contributed by atoms with van der Waals surface area (Å²) in [6.45, 7) is 3.18. The molecule has 0 radical (unpaired) electrons. The molecule has 1 fully saturated rings. The van der Waals surface area contributed by atoms with E-state index < -0.39 is 0 Å². The molecule has 1 unspecified atom stereocenters. The van der Waals surface area contributed by atoms with E-state index in [4.69, 9.17) is 0 Å². The highest BCUT2D eigenvalue weighted by molar-refractivity contribution is 5.90. The monoisotopic (exact) mass is 208 g/mol. The third-order valence-corrected chi connectivity index (χ3v) is 3.30. The number of nitrogens with zero attached hydrogens (tertiary/aromatic N) is 1. The Bertz CT molecular complexity index is 262. The van der Waals surface area contributed by atoms with Crippen molar-refractivity contribution in [3.63, 3.8) is 0 Å². The molecule has 1 amide bonds. The molecule has 1 saturated heterocycles. The van der Waals surface area contributed by atoms with Gasteiger partial charge in [-0.1, -0.05) is 25.8 Å². The molecule has 2 atom stereocenters. The summed E-state index contributed by atoms with van der Waals surface area (Å²) in [5, 5.41) is 3.38. The molecular weight excluding hydrogens is 188 g/mol. The molecular formula is C12H20N2O. The van der Waals surface area contributed by atoms with Crippen LogP contribution in [-0.2, 0) is 4.79 Å². The molecule has 0 spiro atoms. The maximum Gasteiger partial charge on any atom is 0.246 e. The fourth-order valence-electron chi connectivity index (χ4n) is 2.37. The standard InChI is InChI=1S/C12H20N2O/c1-2-3-5-8-13-11-10-7-4-6-9-14(10)12(11)15/h6,9-11,13H,2-5,7-8H2,1H3/t10-,11?/m1/s1. The van der Waals surface area contributed by atoms with Crippen LogP contribution in [0.3, 0.4) is 0 Å². The number of nitrogens with one attached hydrogen (secondary N) is 1. The second kappa shape index (κ2) is 4.79. The zero-order valence-electron chi connectivity index (χ0n) is 9.41. The minimum Gasteiger partial charge on any atom is -0.313 e. The molecule has 0 saturated carbocycles. The zero-order chi connectivity index (χ0) is 10.7. The molecule has 2 heterocycles. The van der Waals surface area contributed by atoms with Gasteiger partial charge in [0.05, 0.1) is 6.04 Å². The summed E-state index contributed by atoms with van der Waals surface area (Å²) in [7, 11) is 0. The van der Waals surface area contributed by atoms with Crippen LogP contribution in [0.1, 0.15) is 39.0 Å². The normalized spacial score (nSPS) is 28.9. The van der Waals surface area contributed by atoms with Gasteiger partial charge < -0.3 is 10.2 Å². The Morgan fingerprint density at radius 1 is 1.53 bits per heavy atom. The van der Waals surface area contributed by atoms with Crippen molar-refractivity contribution in [2.45, 2.75) is 51.1 Å². The van der Waals surface area contributed by atoms with Crippen molar-refractivity contribution >= 4 is 5.91 Å². The van der Waals surface area contributed by atoms with Crippen molar-refractivity contribution in [3.05, 3.63) is 12.3 Å². The molecule has 1 N–H and O–H groups in total. The molecule has 15 heavy (non-hydrogen) atoms. The first-order valence-electron chi connectivity index (χ1n) is 6.07. The van der Waals surface area contributed by atoms with Gasteiger partial charge in [-0.05, 0) is 25.8 Å². The Labute approximate surface area is 91.5 Å². The number of carbonyl (C=O) groups excluding carboxylic acids is 1. The summed E-state index contributed by atoms with van der Waals surface area (Å²) in [6, 6.07) is 0.538. The maximum atomic E-state index is 11.7. The Hall–Kier alpha value is -0.830. The Kier molecular flexibility index (Phi) is 3.41. The Morgan fingerprint density at radius 2 is 2.40 bits per heavy atom. The van der Waals surface area contributed by atoms with E-state index in [0.717, 1.165) is 19.4 Å². The van der Waals surface area contributed by atoms with Gasteiger partial charge in [0.15, 0.2) is 0 Å². The van der Waals surface area contributed by atoms with Crippen LogP contribution in [0.15, 0.2) is 12.3 Å². The molecule has 0 bridgehead atoms. The van der Waals surface area contributed by atoms with Crippen molar-refractivity contribution in [2.24, 2.45) is 0 Å². The van der Waals surface area contributed by atoms with Gasteiger partial charge in [-0.25, -0.2) is 0 Å². The van der Waals surface area contributed by atoms with E-state index in [9.17, 15) is 4.79 Å². The minimum atomic E-state index is 0.104. The van der Waals surface area contributed by atoms with E-state index in [1.54, 1.807) is 0 Å². The lowest BCUT2D eigenvalue weighted by molar-refractivity contribution is -0.147. The lowest BCUT2D eigenvalue weighted by atomic mass is 9.89. The van der Waals surface area contributed by atoms with Gasteiger partial charge >= 0.3 is 0 Å². The average molecular weight is 208 g/mol. The van der Waals surface area contributed by atoms with Crippen LogP contribution in [0.5, 0.6) is 0 Å². The van der Waals surface area contributed by atoms with E-state index >= 15 is 0 Å². The summed E-state index contributed by atoms with van der Waals surface area (Å²) in [5.74, 6) is 0.257. The highest BCUT2D eigenvalue weighted by Gasteiger charge is 2.45. The number of allylic oxidation sites excluding steroid dienone is 1. The van der Waals surface area contributed by atoms with Crippen molar-refractivity contribution < 1.29 is 4.79 Å². The van der Waals surface area contributed by atoms with E-state index in [1.807, 2.05) is 11.1 Å². The van der Waals surface area contributed by atoms with Crippen LogP contribution >= 0.6 is 0 Å². The van der Waals surface area contributed by atoms with Crippen molar-refractivity contribution in [2.75, 3.05) is 6.54 Å². The van der Waals surface area contributed by atoms with Crippen LogP contribution in [0.2, 0.25) is 0 Å². The van der Waals surface area contributed by atoms with E-state index in [0.29, 0.717) is 6.04 Å². The number of β-lactam (4-membered cyclic amide) rings is 1. The number of hydrogen-bond acceptors (Lipinski definition) is 2. The fourth-order valence-corrected chi connectivity index (χ4v) is 2.37. The molecule has 2 aliphatic heterocycles. The highest BCUT2D eigenvalue weighted by atomic mass is 16.2. The van der Waals surface area contributed by atoms with Crippen LogP contribution in [0.4, 0.5) is 0 Å². The molecule has 0 aromatic rings. The second-order valence-electron chi connectivity index (χ2n) is 4.41. The van der Waals surface area contributed by atoms with E-state index in [-0.39, 0.29) is 11.9 Å². The van der Waals surface area contributed by atoms with Crippen LogP contribution in [0, 0.1) is 0 Å². The molecule has 0 aliphatic carbocycles. The SMILES string of the molecule is CCCCCNC1C(=O)N2C=CCC[C@H]12. The largest absolute Gasteiger partial charge is 0.313 e. The van der Waals surface area contributed by atoms with Gasteiger partial charge in [0.1, 0.15) is 6.04 Å². The van der Waals surface area contributed by atoms with Gasteiger partial charge in [0.2, 0.25) is 5.91 Å². The quantitative estimate of drug-likeness (QED) is 0.550. The second-order valence-corrected chi connectivity index (χ2v) is 4.41. The smallest absolute Gasteiger partial charge is 0.246 e. The number of fused-ring (bicyclic) bond motifs is 1. The first kappa shape index (κ1) is 10.7. The number of amides is 1. The van der Waals surface area contributed by atoms with Crippen LogP contribution in [-0.4, -0.2) is 29.4 Å². The van der Waals surface area contributed by atoms with Crippen molar-refractivity contribution in [1.82, 2.24) is 10.2 Å². The summed E-state index contributed by atoms with van der Waals surface area (Å²) >= 11 is 0. The van der Waals surface area contributed by atoms with Gasteiger partial charge in [-0.3, -0.25) is 4.79 Å². The first-order chi connectivity index (χ1) is 7.34. The molecule has 0 aromatic heterocycles. The number of hydrogen-bond donors (Lipinski definition) is 1. The van der Waals surface area contributed by atoms with E-state index in [1.165, 1.54) is 19.3 Å². The number of carbonyl (C=O) groups is 1. The van der Waals surface area contributed by atoms with Crippen molar-refractivity contribution in [3.8, 4) is 0 Å². The third kappa shape index (κ3) is 2.07. The summed E-state index contributed by atoms with van der Waals surface area (Å²) < 4.78 is 0. The third-order valence-electron chi connectivity index (χ3n) is 3.30. The van der Waals surface area contributed by atoms with Crippen LogP contribution in [0.25, 0.3) is 0 Å². The fraction of sp³-hybridized carbons (Fsp3) is 0.750. The minimum absolute atomic E-state index is 0.104. The number of unbranched alkanes of at least 4 members (excludes halogenated alkanes) is 2. The van der Waals surface area contributed by atoms with Gasteiger partial charge in [0, 0.05) is 6.20 Å². The summed E-state index contributed by atoms with van der Waals surface area (Å²) in [4.78, 5) is 13.5. The summed E-state index contributed by atoms with van der Waals surface area (Å²) in [5.41, 5.74) is 0. The predicted octanol–water partition coefficient (Wildman–Crippen LogP) is 1.65. The number of rotatable bonds is 5. The summed E-state index contributed by atoms with van der Waals surface area (Å²) in [6.07, 6.45) is 9.93. The zero-order valence-corrected chi connectivity index (χ0v) is 9.41. The highest BCUT2D eigenvalue weighted by Crippen LogP contribution is 2.28. The van der Waals surface area contributed by atoms with Crippen molar-refractivity contribution in [1.29, 1.82) is 0 Å². The molecule has 0 aromatic carbocycles. The maximum absolute atomic E-state index is 11.7. The molecule has 2 rings (SSSR count). The predicted molar refractivity (Wildman–Crippen MR) is 60.3 cm³/mol. The van der Waals surface area contributed by atoms with E-state index in [2.05, 4.69) is 18.3 Å². The van der Waals surface area contributed by atoms with Gasteiger partial charge in [-0.15, -0.1) is 0 Å². The Morgan fingerprint density at radius 3 is 3.20 bits per heavy atom. The topological polar surface area (TPSA) is 32.3 Å². The molecule has 3 heteroatoms. The average Bonchev–Trinajstić information content (AvgIpc) is 2.28. The van der Waals surface area contributed by atoms with Gasteiger partial charge in [0.25, 0.3) is 0 Å². The van der Waals surface area contributed by atoms with Gasteiger partial charge in [-0.2, -0.15) is 0 Å². The molecule has 84 valence electrons. The molecule has 2 aliphatic rings. The lowest BCUT2D eigenvalue weighted by Crippen LogP contribution is -2.68. The Balaban J connectivity index is 1.75. The lowest BCUT2D eigenvalue weighted by Gasteiger charge is -2.47. The van der Waals surface area contributed by atoms with Crippen LogP contribution < -0.4 is 5.32 Å².